The fourth-order valence-electron chi connectivity index (χ4n) is 6.67. The second-order valence-corrected chi connectivity index (χ2v) is 14.8. The van der Waals surface area contributed by atoms with E-state index in [2.05, 4.69) is 10.0 Å². The molecule has 0 aromatic heterocycles. The molecule has 276 valence electrons. The minimum atomic E-state index is -4.35. The third-order valence-corrected chi connectivity index (χ3v) is 10.8. The van der Waals surface area contributed by atoms with Crippen LogP contribution in [0.5, 0.6) is 0 Å². The summed E-state index contributed by atoms with van der Waals surface area (Å²) in [6, 6.07) is 10.9. The number of anilines is 1. The van der Waals surface area contributed by atoms with E-state index < -0.39 is 76.6 Å². The van der Waals surface area contributed by atoms with Crippen molar-refractivity contribution in [1.82, 2.24) is 20.1 Å². The monoisotopic (exact) mass is 736 g/mol. The molecule has 3 aromatic carbocycles. The van der Waals surface area contributed by atoms with Crippen LogP contribution in [0.15, 0.2) is 59.5 Å². The van der Waals surface area contributed by atoms with Crippen LogP contribution in [-0.2, 0) is 38.7 Å². The highest BCUT2D eigenvalue weighted by Crippen LogP contribution is 2.31. The molecule has 0 unspecified atom stereocenters. The molecule has 0 radical (unpaired) electrons. The van der Waals surface area contributed by atoms with E-state index in [1.165, 1.54) is 6.07 Å². The van der Waals surface area contributed by atoms with E-state index in [1.54, 1.807) is 56.3 Å². The number of nitrogens with zero attached hydrogens (tertiary/aromatic N) is 3. The number of rotatable bonds is 12. The zero-order valence-corrected chi connectivity index (χ0v) is 30.1. The molecule has 0 spiro atoms. The smallest absolute Gasteiger partial charge is 0.481 e. The molecule has 2 aliphatic rings. The average Bonchev–Trinajstić information content (AvgIpc) is 3.21. The number of Topliss-reactive ketones (excluding diaryl/α,β-unsaturated/α-hetero) is 1. The first-order valence-corrected chi connectivity index (χ1v) is 18.2. The minimum absolute atomic E-state index is 0.0447. The summed E-state index contributed by atoms with van der Waals surface area (Å²) in [7, 11) is -0.686. The standard InChI is InChI=1S/C36H41N5O10S/c1-21-9-5-10-22(2)33(21)36(48)51-20-29(42)26(19-32(44)45)37-34(46)28-14-8-18-40-31(43)17-16-25(35(47)41(28)40)38-52(49,50)30-15-7-11-23-24(30)12-6-13-27(23)39(3)4/h5-7,9-13,15,25-26,28,38H,8,14,16-20H2,1-4H3,(H,37,46)(H,44,45)/p+1/t25-,26-,28-/m0/s1. The van der Waals surface area contributed by atoms with Crippen LogP contribution >= 0.6 is 0 Å². The second kappa shape index (κ2) is 15.5. The molecule has 4 N–H and O–H groups in total. The van der Waals surface area contributed by atoms with Gasteiger partial charge in [-0.1, -0.05) is 42.5 Å². The van der Waals surface area contributed by atoms with Crippen molar-refractivity contribution in [1.29, 1.82) is 0 Å². The van der Waals surface area contributed by atoms with Gasteiger partial charge in [-0.2, -0.15) is 4.72 Å². The van der Waals surface area contributed by atoms with Gasteiger partial charge in [-0.3, -0.25) is 29.0 Å². The second-order valence-electron chi connectivity index (χ2n) is 13.1. The molecule has 15 nitrogen and oxygen atoms in total. The lowest BCUT2D eigenvalue weighted by Crippen LogP contribution is -2.64. The Morgan fingerprint density at radius 1 is 1.00 bits per heavy atom. The molecule has 52 heavy (non-hydrogen) atoms. The number of carboxylic acids is 1. The summed E-state index contributed by atoms with van der Waals surface area (Å²) in [6.07, 6.45) is -0.855. The Bertz CT molecular complexity index is 2030. The SMILES string of the molecule is Cc1cccc(C)c1C(=[OH+])OCC(=O)[C@H](CC(=O)O)NC(=O)[C@@H]1CCCN2C(=O)CC[C@H](NS(=O)(=O)c3cccc4c(N(C)C)cccc34)C(=O)N12. The predicted octanol–water partition coefficient (Wildman–Crippen LogP) is 1.79. The van der Waals surface area contributed by atoms with Gasteiger partial charge in [0.15, 0.2) is 0 Å². The Labute approximate surface area is 300 Å². The summed E-state index contributed by atoms with van der Waals surface area (Å²) in [4.78, 5) is 78.4. The minimum Gasteiger partial charge on any atom is -0.481 e. The van der Waals surface area contributed by atoms with E-state index in [-0.39, 0.29) is 30.7 Å². The zero-order chi connectivity index (χ0) is 37.9. The van der Waals surface area contributed by atoms with Gasteiger partial charge in [-0.05, 0) is 56.4 Å². The van der Waals surface area contributed by atoms with Crippen molar-refractivity contribution in [2.24, 2.45) is 0 Å². The van der Waals surface area contributed by atoms with Crippen LogP contribution < -0.4 is 14.9 Å². The Hall–Kier alpha value is -5.35. The molecule has 2 fully saturated rings. The number of hydrogen-bond donors (Lipinski definition) is 3. The normalized spacial score (nSPS) is 18.3. The Kier molecular flexibility index (Phi) is 11.3. The largest absolute Gasteiger partial charge is 0.518 e. The molecular formula is C36H42N5O10S+. The summed E-state index contributed by atoms with van der Waals surface area (Å²) in [5, 5.41) is 15.1. The summed E-state index contributed by atoms with van der Waals surface area (Å²) in [5.74, 6) is -5.08. The molecule has 3 aromatic rings. The number of sulfonamides is 1. The molecule has 0 aliphatic carbocycles. The van der Waals surface area contributed by atoms with E-state index in [1.807, 2.05) is 25.1 Å². The molecular weight excluding hydrogens is 694 g/mol. The highest BCUT2D eigenvalue weighted by molar-refractivity contribution is 7.89. The molecule has 3 amide bonds. The number of aryl methyl sites for hydroxylation is 2. The van der Waals surface area contributed by atoms with Gasteiger partial charge >= 0.3 is 11.9 Å². The van der Waals surface area contributed by atoms with Crippen LogP contribution in [-0.4, -0.2) is 109 Å². The number of aliphatic carboxylic acids is 1. The first kappa shape index (κ1) is 37.9. The van der Waals surface area contributed by atoms with Crippen LogP contribution in [0.3, 0.4) is 0 Å². The fraction of sp³-hybridized carbons (Fsp3) is 0.389. The number of hydrogen-bond acceptors (Lipinski definition) is 9. The molecule has 5 rings (SSSR count). The number of amides is 3. The highest BCUT2D eigenvalue weighted by Gasteiger charge is 2.46. The lowest BCUT2D eigenvalue weighted by Gasteiger charge is -2.43. The number of carbonyl (C=O) groups excluding carboxylic acids is 5. The molecule has 2 heterocycles. The molecule has 3 atom stereocenters. The first-order valence-electron chi connectivity index (χ1n) is 16.8. The number of nitrogens with one attached hydrogen (secondary N) is 2. The van der Waals surface area contributed by atoms with Gasteiger partial charge in [-0.25, -0.2) is 13.4 Å². The van der Waals surface area contributed by atoms with Crippen molar-refractivity contribution in [3.63, 3.8) is 0 Å². The van der Waals surface area contributed by atoms with Crippen LogP contribution in [0.2, 0.25) is 0 Å². The number of ether oxygens (including phenoxy) is 1. The Balaban J connectivity index is 1.36. The van der Waals surface area contributed by atoms with Crippen molar-refractivity contribution < 1.29 is 47.0 Å². The highest BCUT2D eigenvalue weighted by atomic mass is 32.2. The van der Waals surface area contributed by atoms with Gasteiger partial charge in [0.1, 0.15) is 23.7 Å². The Morgan fingerprint density at radius 2 is 1.65 bits per heavy atom. The third kappa shape index (κ3) is 7.92. The number of benzene rings is 3. The van der Waals surface area contributed by atoms with Crippen molar-refractivity contribution in [2.45, 2.75) is 69.0 Å². The van der Waals surface area contributed by atoms with E-state index >= 15 is 0 Å². The van der Waals surface area contributed by atoms with Crippen LogP contribution in [0.1, 0.15) is 48.8 Å². The predicted molar refractivity (Wildman–Crippen MR) is 190 cm³/mol. The van der Waals surface area contributed by atoms with Gasteiger partial charge < -0.3 is 24.9 Å². The van der Waals surface area contributed by atoms with E-state index in [0.717, 1.165) is 15.7 Å². The third-order valence-electron chi connectivity index (χ3n) is 9.22. The number of esters is 1. The van der Waals surface area contributed by atoms with E-state index in [9.17, 15) is 42.3 Å². The lowest BCUT2D eigenvalue weighted by molar-refractivity contribution is -0.176. The van der Waals surface area contributed by atoms with Gasteiger partial charge in [0, 0.05) is 43.5 Å². The van der Waals surface area contributed by atoms with E-state index in [0.29, 0.717) is 33.9 Å². The van der Waals surface area contributed by atoms with Crippen LogP contribution in [0.25, 0.3) is 10.8 Å². The average molecular weight is 737 g/mol. The maximum atomic E-state index is 14.1. The number of ketones is 1. The van der Waals surface area contributed by atoms with Crippen molar-refractivity contribution in [3.8, 4) is 0 Å². The topological polar surface area (TPSA) is 204 Å². The van der Waals surface area contributed by atoms with E-state index in [4.69, 9.17) is 4.74 Å². The molecule has 0 saturated carbocycles. The molecule has 0 bridgehead atoms. The summed E-state index contributed by atoms with van der Waals surface area (Å²) in [5.41, 5.74) is 2.50. The quantitative estimate of drug-likeness (QED) is 0.182. The lowest BCUT2D eigenvalue weighted by atomic mass is 10.0. The number of carbonyl (C=O) groups is 5. The van der Waals surface area contributed by atoms with Gasteiger partial charge in [0.05, 0.1) is 11.3 Å². The van der Waals surface area contributed by atoms with Crippen molar-refractivity contribution >= 4 is 61.9 Å². The van der Waals surface area contributed by atoms with Crippen molar-refractivity contribution in [2.75, 3.05) is 32.1 Å². The molecule has 2 saturated heterocycles. The summed E-state index contributed by atoms with van der Waals surface area (Å²) in [6.45, 7) is 2.78. The Morgan fingerprint density at radius 3 is 2.33 bits per heavy atom. The summed E-state index contributed by atoms with van der Waals surface area (Å²) >= 11 is 0. The van der Waals surface area contributed by atoms with Gasteiger partial charge in [0.2, 0.25) is 34.2 Å². The maximum Gasteiger partial charge on any atom is 0.518 e. The first-order chi connectivity index (χ1) is 24.6. The fourth-order valence-corrected chi connectivity index (χ4v) is 8.12. The number of carboxylic acid groups (broad SMARTS) is 1. The number of hydrazine groups is 1. The maximum absolute atomic E-state index is 14.1. The molecule has 2 aliphatic heterocycles. The number of fused-ring (bicyclic) bond motifs is 2. The van der Waals surface area contributed by atoms with Gasteiger partial charge in [0.25, 0.3) is 5.91 Å². The summed E-state index contributed by atoms with van der Waals surface area (Å²) < 4.78 is 35.5. The zero-order valence-electron chi connectivity index (χ0n) is 29.3. The molecule has 16 heteroatoms. The van der Waals surface area contributed by atoms with Crippen molar-refractivity contribution in [3.05, 3.63) is 71.3 Å². The van der Waals surface area contributed by atoms with Gasteiger partial charge in [-0.15, -0.1) is 0 Å². The van der Waals surface area contributed by atoms with Crippen LogP contribution in [0.4, 0.5) is 5.69 Å². The van der Waals surface area contributed by atoms with Crippen LogP contribution in [0, 0.1) is 13.8 Å².